The van der Waals surface area contributed by atoms with Crippen LogP contribution in [0.3, 0.4) is 0 Å². The van der Waals surface area contributed by atoms with E-state index in [1.54, 1.807) is 30.5 Å². The fourth-order valence-corrected chi connectivity index (χ4v) is 5.62. The summed E-state index contributed by atoms with van der Waals surface area (Å²) in [6, 6.07) is 10.1. The first-order valence-electron chi connectivity index (χ1n) is 13.9. The van der Waals surface area contributed by atoms with Gasteiger partial charge >= 0.3 is 5.97 Å². The fourth-order valence-electron chi connectivity index (χ4n) is 5.62. The largest absolute Gasteiger partial charge is 0.463 e. The highest BCUT2D eigenvalue weighted by molar-refractivity contribution is 6.32. The molecule has 2 heterocycles. The minimum atomic E-state index is -2.06. The second-order valence-corrected chi connectivity index (χ2v) is 10.8. The molecule has 40 heavy (non-hydrogen) atoms. The van der Waals surface area contributed by atoms with Crippen LogP contribution in [0.15, 0.2) is 53.7 Å². The van der Waals surface area contributed by atoms with Crippen molar-refractivity contribution in [2.75, 3.05) is 32.5 Å². The van der Waals surface area contributed by atoms with Gasteiger partial charge in [0, 0.05) is 36.2 Å². The van der Waals surface area contributed by atoms with Crippen LogP contribution >= 0.6 is 0 Å². The molecule has 0 bridgehead atoms. The number of anilines is 1. The van der Waals surface area contributed by atoms with E-state index >= 15 is 0 Å². The third-order valence-electron chi connectivity index (χ3n) is 8.04. The normalized spacial score (nSPS) is 22.7. The molecule has 1 fully saturated rings. The molecule has 1 saturated heterocycles. The molecule has 0 radical (unpaired) electrons. The van der Waals surface area contributed by atoms with E-state index < -0.39 is 28.7 Å². The van der Waals surface area contributed by atoms with Gasteiger partial charge in [0.1, 0.15) is 5.82 Å². The zero-order valence-electron chi connectivity index (χ0n) is 23.5. The number of epoxide rings is 1. The first kappa shape index (κ1) is 29.6. The second-order valence-electron chi connectivity index (χ2n) is 10.8. The molecule has 0 spiro atoms. The van der Waals surface area contributed by atoms with Gasteiger partial charge in [-0.05, 0) is 56.5 Å². The van der Waals surface area contributed by atoms with Crippen LogP contribution in [-0.4, -0.2) is 65.6 Å². The van der Waals surface area contributed by atoms with E-state index in [1.807, 2.05) is 20.0 Å². The Labute approximate surface area is 235 Å². The van der Waals surface area contributed by atoms with E-state index in [2.05, 4.69) is 17.2 Å². The molecule has 1 aliphatic carbocycles. The maximum absolute atomic E-state index is 13.9. The van der Waals surface area contributed by atoms with Gasteiger partial charge in [0.25, 0.3) is 5.60 Å². The lowest BCUT2D eigenvalue weighted by Gasteiger charge is -2.26. The quantitative estimate of drug-likeness (QED) is 0.140. The number of aliphatic hydroxyl groups excluding tert-OH is 1. The first-order valence-corrected chi connectivity index (χ1v) is 13.9. The fraction of sp³-hybridized carbons (Fsp3) is 0.484. The number of carbonyl (C=O) groups is 3. The van der Waals surface area contributed by atoms with Crippen molar-refractivity contribution in [3.05, 3.63) is 70.4 Å². The maximum Gasteiger partial charge on any atom is 0.350 e. The number of nitrogens with two attached hydrogens (primary N) is 1. The number of nitrogens with one attached hydrogen (secondary N) is 1. The van der Waals surface area contributed by atoms with Gasteiger partial charge in [-0.15, -0.1) is 0 Å². The first-order chi connectivity index (χ1) is 19.2. The molecule has 9 nitrogen and oxygen atoms in total. The number of Topliss-reactive ketones (excluding diaryl/α,β-unsaturated/α-hetero) is 2. The highest BCUT2D eigenvalue weighted by Crippen LogP contribution is 2.59. The van der Waals surface area contributed by atoms with Gasteiger partial charge in [0.05, 0.1) is 13.2 Å². The lowest BCUT2D eigenvalue weighted by atomic mass is 9.71. The van der Waals surface area contributed by atoms with Gasteiger partial charge in [-0.3, -0.25) is 9.59 Å². The summed E-state index contributed by atoms with van der Waals surface area (Å²) in [6.45, 7) is 4.39. The van der Waals surface area contributed by atoms with Gasteiger partial charge in [-0.25, -0.2) is 9.78 Å². The Morgan fingerprint density at radius 1 is 1.20 bits per heavy atom. The summed E-state index contributed by atoms with van der Waals surface area (Å²) in [5.41, 5.74) is 4.73. The SMILES string of the molecule is CCCC[C@H](CNC)COC(=O)[C@]12O[C@@]1(C/C(CO)=C(\C)CCc1ccnc(N)c1)C(=O)c1ccccc1C2=O. The molecule has 4 rings (SSSR count). The van der Waals surface area contributed by atoms with Crippen molar-refractivity contribution >= 4 is 23.4 Å². The van der Waals surface area contributed by atoms with E-state index in [-0.39, 0.29) is 36.7 Å². The molecule has 2 aromatic rings. The Kier molecular flexibility index (Phi) is 9.18. The van der Waals surface area contributed by atoms with Crippen LogP contribution in [0.2, 0.25) is 0 Å². The van der Waals surface area contributed by atoms with Crippen molar-refractivity contribution < 1.29 is 29.0 Å². The molecule has 2 aliphatic rings. The summed E-state index contributed by atoms with van der Waals surface area (Å²) in [4.78, 5) is 45.4. The number of esters is 1. The van der Waals surface area contributed by atoms with Crippen molar-refractivity contribution in [2.24, 2.45) is 5.92 Å². The Hall–Kier alpha value is -3.40. The molecule has 4 N–H and O–H groups in total. The highest BCUT2D eigenvalue weighted by Gasteiger charge is 2.85. The minimum Gasteiger partial charge on any atom is -0.463 e. The zero-order valence-corrected chi connectivity index (χ0v) is 23.5. The molecular formula is C31H39N3O6. The van der Waals surface area contributed by atoms with Crippen molar-refractivity contribution in [1.82, 2.24) is 10.3 Å². The maximum atomic E-state index is 13.9. The van der Waals surface area contributed by atoms with Crippen LogP contribution in [0.5, 0.6) is 0 Å². The molecule has 214 valence electrons. The standard InChI is InChI=1S/C31H39N3O6/c1-4-5-8-22(17-33-3)19-39-29(38)31-28(37)25-10-7-6-9-24(25)27(36)30(31,40-31)16-23(18-35)20(2)11-12-21-13-14-34-26(32)15-21/h6-7,9-10,13-15,22,33,35H,4-5,8,11-12,16-19H2,1-3H3,(H2,32,34)/b23-20-/t22-,30+,31+/m1/s1. The van der Waals surface area contributed by atoms with Crippen LogP contribution in [0, 0.1) is 5.92 Å². The number of aliphatic hydroxyl groups is 1. The summed E-state index contributed by atoms with van der Waals surface area (Å²) < 4.78 is 11.7. The van der Waals surface area contributed by atoms with Crippen LogP contribution in [-0.2, 0) is 20.7 Å². The number of hydrogen-bond acceptors (Lipinski definition) is 9. The number of nitrogens with zero attached hydrogens (tertiary/aromatic N) is 1. The lowest BCUT2D eigenvalue weighted by Crippen LogP contribution is -2.51. The lowest BCUT2D eigenvalue weighted by molar-refractivity contribution is -0.149. The van der Waals surface area contributed by atoms with E-state index in [0.717, 1.165) is 30.4 Å². The number of ether oxygens (including phenoxy) is 2. The molecule has 0 unspecified atom stereocenters. The third-order valence-corrected chi connectivity index (χ3v) is 8.04. The summed E-state index contributed by atoms with van der Waals surface area (Å²) in [5.74, 6) is -1.38. The monoisotopic (exact) mass is 549 g/mol. The number of rotatable bonds is 14. The summed E-state index contributed by atoms with van der Waals surface area (Å²) in [7, 11) is 1.84. The summed E-state index contributed by atoms with van der Waals surface area (Å²) in [5, 5.41) is 13.4. The number of ketones is 2. The summed E-state index contributed by atoms with van der Waals surface area (Å²) in [6.07, 6.45) is 5.63. The van der Waals surface area contributed by atoms with E-state index in [4.69, 9.17) is 15.2 Å². The van der Waals surface area contributed by atoms with Crippen LogP contribution in [0.25, 0.3) is 0 Å². The van der Waals surface area contributed by atoms with Crippen LogP contribution in [0.1, 0.15) is 72.2 Å². The number of pyridine rings is 1. The minimum absolute atomic E-state index is 0.0671. The van der Waals surface area contributed by atoms with Gasteiger partial charge < -0.3 is 25.6 Å². The highest BCUT2D eigenvalue weighted by atomic mass is 16.7. The van der Waals surface area contributed by atoms with E-state index in [0.29, 0.717) is 30.8 Å². The predicted molar refractivity (Wildman–Crippen MR) is 151 cm³/mol. The number of aryl methyl sites for hydroxylation is 1. The van der Waals surface area contributed by atoms with Crippen molar-refractivity contribution in [2.45, 2.75) is 63.6 Å². The van der Waals surface area contributed by atoms with Crippen molar-refractivity contribution in [1.29, 1.82) is 0 Å². The van der Waals surface area contributed by atoms with Gasteiger partial charge in [0.15, 0.2) is 11.4 Å². The number of benzene rings is 1. The smallest absolute Gasteiger partial charge is 0.350 e. The van der Waals surface area contributed by atoms with E-state index in [1.165, 1.54) is 6.07 Å². The van der Waals surface area contributed by atoms with Gasteiger partial charge in [-0.1, -0.05) is 49.6 Å². The van der Waals surface area contributed by atoms with Gasteiger partial charge in [-0.2, -0.15) is 0 Å². The topological polar surface area (TPSA) is 144 Å². The number of fused-ring (bicyclic) bond motifs is 2. The molecule has 1 aliphatic heterocycles. The third kappa shape index (κ3) is 5.46. The van der Waals surface area contributed by atoms with Crippen LogP contribution < -0.4 is 11.1 Å². The molecule has 3 atom stereocenters. The number of aromatic nitrogens is 1. The zero-order chi connectivity index (χ0) is 28.9. The molecule has 1 aromatic heterocycles. The Balaban J connectivity index is 1.62. The number of allylic oxidation sites excluding steroid dienone is 1. The molecular weight excluding hydrogens is 510 g/mol. The van der Waals surface area contributed by atoms with Crippen LogP contribution in [0.4, 0.5) is 5.82 Å². The van der Waals surface area contributed by atoms with E-state index in [9.17, 15) is 19.5 Å². The number of nitrogen functional groups attached to an aromatic ring is 1. The number of hydrogen-bond donors (Lipinski definition) is 3. The Morgan fingerprint density at radius 2 is 1.93 bits per heavy atom. The molecule has 1 aromatic carbocycles. The van der Waals surface area contributed by atoms with Gasteiger partial charge in [0.2, 0.25) is 5.78 Å². The number of unbranched alkanes of at least 4 members (excludes halogenated alkanes) is 1. The molecule has 0 saturated carbocycles. The predicted octanol–water partition coefficient (Wildman–Crippen LogP) is 3.45. The summed E-state index contributed by atoms with van der Waals surface area (Å²) >= 11 is 0. The Bertz CT molecular complexity index is 1310. The molecule has 9 heteroatoms. The average molecular weight is 550 g/mol. The van der Waals surface area contributed by atoms with Crippen molar-refractivity contribution in [3.8, 4) is 0 Å². The average Bonchev–Trinajstić information content (AvgIpc) is 3.66. The number of carbonyl (C=O) groups excluding carboxylic acids is 3. The second kappa shape index (κ2) is 12.4. The molecule has 0 amide bonds. The Morgan fingerprint density at radius 3 is 2.58 bits per heavy atom. The van der Waals surface area contributed by atoms with Crippen molar-refractivity contribution in [3.63, 3.8) is 0 Å².